The van der Waals surface area contributed by atoms with Crippen molar-refractivity contribution in [3.63, 3.8) is 0 Å². The SMILES string of the molecule is CCOC(C)=O.Cc1ccn(C)c1C(=O)c1ccccc1. The van der Waals surface area contributed by atoms with Crippen LogP contribution in [-0.4, -0.2) is 22.9 Å². The van der Waals surface area contributed by atoms with Crippen LogP contribution in [0.15, 0.2) is 42.6 Å². The Morgan fingerprint density at radius 2 is 1.76 bits per heavy atom. The normalized spacial score (nSPS) is 9.52. The Morgan fingerprint density at radius 3 is 2.14 bits per heavy atom. The molecule has 0 aliphatic heterocycles. The van der Waals surface area contributed by atoms with Gasteiger partial charge in [0, 0.05) is 25.7 Å². The van der Waals surface area contributed by atoms with Crippen molar-refractivity contribution in [1.29, 1.82) is 0 Å². The minimum Gasteiger partial charge on any atom is -0.466 e. The lowest BCUT2D eigenvalue weighted by Crippen LogP contribution is -2.08. The van der Waals surface area contributed by atoms with Crippen LogP contribution in [0.3, 0.4) is 0 Å². The number of aryl methyl sites for hydroxylation is 2. The minimum absolute atomic E-state index is 0.0839. The molecule has 0 spiro atoms. The van der Waals surface area contributed by atoms with Gasteiger partial charge in [-0.1, -0.05) is 30.3 Å². The van der Waals surface area contributed by atoms with Crippen LogP contribution in [0.5, 0.6) is 0 Å². The second-order valence-electron chi connectivity index (χ2n) is 4.58. The highest BCUT2D eigenvalue weighted by molar-refractivity contribution is 6.08. The van der Waals surface area contributed by atoms with E-state index in [9.17, 15) is 9.59 Å². The fourth-order valence-electron chi connectivity index (χ4n) is 1.92. The molecule has 0 atom stereocenters. The van der Waals surface area contributed by atoms with Crippen LogP contribution in [0, 0.1) is 6.92 Å². The minimum atomic E-state index is -0.211. The highest BCUT2D eigenvalue weighted by atomic mass is 16.5. The van der Waals surface area contributed by atoms with Gasteiger partial charge in [0.1, 0.15) is 0 Å². The van der Waals surface area contributed by atoms with Gasteiger partial charge in [0.2, 0.25) is 5.78 Å². The summed E-state index contributed by atoms with van der Waals surface area (Å²) in [7, 11) is 1.89. The third-order valence-corrected chi connectivity index (χ3v) is 2.87. The molecule has 0 aliphatic carbocycles. The predicted octanol–water partition coefficient (Wildman–Crippen LogP) is 3.13. The fourth-order valence-corrected chi connectivity index (χ4v) is 1.92. The Bertz CT molecular complexity index is 580. The van der Waals surface area contributed by atoms with Gasteiger partial charge < -0.3 is 9.30 Å². The van der Waals surface area contributed by atoms with Crippen LogP contribution in [0.25, 0.3) is 0 Å². The molecule has 1 aromatic heterocycles. The number of esters is 1. The van der Waals surface area contributed by atoms with Gasteiger partial charge in [-0.3, -0.25) is 9.59 Å². The monoisotopic (exact) mass is 287 g/mol. The van der Waals surface area contributed by atoms with Crippen LogP contribution in [0.1, 0.15) is 35.5 Å². The number of benzene rings is 1. The first kappa shape index (κ1) is 16.7. The van der Waals surface area contributed by atoms with Crippen LogP contribution >= 0.6 is 0 Å². The summed E-state index contributed by atoms with van der Waals surface area (Å²) in [6.07, 6.45) is 1.91. The van der Waals surface area contributed by atoms with E-state index in [-0.39, 0.29) is 11.8 Å². The molecular weight excluding hydrogens is 266 g/mol. The van der Waals surface area contributed by atoms with Crippen molar-refractivity contribution in [2.75, 3.05) is 6.61 Å². The summed E-state index contributed by atoms with van der Waals surface area (Å²) in [6.45, 7) is 5.61. The zero-order valence-corrected chi connectivity index (χ0v) is 12.9. The molecule has 0 unspecified atom stereocenters. The van der Waals surface area contributed by atoms with Crippen molar-refractivity contribution < 1.29 is 14.3 Å². The van der Waals surface area contributed by atoms with E-state index in [0.717, 1.165) is 16.8 Å². The molecule has 4 nitrogen and oxygen atoms in total. The molecule has 0 saturated carbocycles. The predicted molar refractivity (Wildman–Crippen MR) is 82.3 cm³/mol. The van der Waals surface area contributed by atoms with E-state index >= 15 is 0 Å². The van der Waals surface area contributed by atoms with Gasteiger partial charge in [0.25, 0.3) is 0 Å². The summed E-state index contributed by atoms with van der Waals surface area (Å²) in [5, 5.41) is 0. The summed E-state index contributed by atoms with van der Waals surface area (Å²) in [5.41, 5.74) is 2.52. The molecule has 0 amide bonds. The number of carbonyl (C=O) groups is 2. The van der Waals surface area contributed by atoms with Gasteiger partial charge in [-0.2, -0.15) is 0 Å². The number of aromatic nitrogens is 1. The Morgan fingerprint density at radius 1 is 1.14 bits per heavy atom. The zero-order valence-electron chi connectivity index (χ0n) is 12.9. The fraction of sp³-hybridized carbons (Fsp3) is 0.294. The van der Waals surface area contributed by atoms with E-state index in [4.69, 9.17) is 0 Å². The maximum Gasteiger partial charge on any atom is 0.302 e. The number of rotatable bonds is 3. The third kappa shape index (κ3) is 4.91. The van der Waals surface area contributed by atoms with E-state index in [1.807, 2.05) is 61.1 Å². The second-order valence-corrected chi connectivity index (χ2v) is 4.58. The molecule has 0 fully saturated rings. The van der Waals surface area contributed by atoms with E-state index < -0.39 is 0 Å². The molecule has 2 rings (SSSR count). The highest BCUT2D eigenvalue weighted by Gasteiger charge is 2.14. The molecular formula is C17H21NO3. The largest absolute Gasteiger partial charge is 0.466 e. The van der Waals surface area contributed by atoms with Crippen LogP contribution in [0.2, 0.25) is 0 Å². The molecule has 1 aromatic carbocycles. The Kier molecular flexibility index (Phi) is 6.40. The Balaban J connectivity index is 0.000000315. The number of ketones is 1. The van der Waals surface area contributed by atoms with Gasteiger partial charge in [0.15, 0.2) is 0 Å². The third-order valence-electron chi connectivity index (χ3n) is 2.87. The molecule has 0 saturated heterocycles. The molecule has 2 aromatic rings. The van der Waals surface area contributed by atoms with Crippen molar-refractivity contribution in [2.24, 2.45) is 7.05 Å². The summed E-state index contributed by atoms with van der Waals surface area (Å²) in [5.74, 6) is -0.127. The van der Waals surface area contributed by atoms with Crippen molar-refractivity contribution in [3.8, 4) is 0 Å². The van der Waals surface area contributed by atoms with Crippen LogP contribution < -0.4 is 0 Å². The molecule has 0 N–H and O–H groups in total. The average molecular weight is 287 g/mol. The van der Waals surface area contributed by atoms with Gasteiger partial charge in [-0.25, -0.2) is 0 Å². The van der Waals surface area contributed by atoms with Crippen LogP contribution in [0.4, 0.5) is 0 Å². The zero-order chi connectivity index (χ0) is 15.8. The lowest BCUT2D eigenvalue weighted by molar-refractivity contribution is -0.140. The molecule has 21 heavy (non-hydrogen) atoms. The molecule has 1 heterocycles. The number of ether oxygens (including phenoxy) is 1. The van der Waals surface area contributed by atoms with Gasteiger partial charge in [-0.15, -0.1) is 0 Å². The smallest absolute Gasteiger partial charge is 0.302 e. The Hall–Kier alpha value is -2.36. The first-order valence-electron chi connectivity index (χ1n) is 6.82. The maximum atomic E-state index is 12.1. The standard InChI is InChI=1S/C13H13NO.C4H8O2/c1-10-8-9-14(2)12(10)13(15)11-6-4-3-5-7-11;1-3-6-4(2)5/h3-9H,1-2H3;3H2,1-2H3. The number of nitrogens with zero attached hydrogens (tertiary/aromatic N) is 1. The second kappa shape index (κ2) is 8.04. The molecule has 112 valence electrons. The van der Waals surface area contributed by atoms with Gasteiger partial charge in [-0.05, 0) is 25.5 Å². The van der Waals surface area contributed by atoms with E-state index in [1.54, 1.807) is 6.92 Å². The molecule has 0 aliphatic rings. The highest BCUT2D eigenvalue weighted by Crippen LogP contribution is 2.14. The first-order valence-corrected chi connectivity index (χ1v) is 6.82. The summed E-state index contributed by atoms with van der Waals surface area (Å²) in [6, 6.07) is 11.3. The lowest BCUT2D eigenvalue weighted by Gasteiger charge is -2.04. The summed E-state index contributed by atoms with van der Waals surface area (Å²) in [4.78, 5) is 21.9. The van der Waals surface area contributed by atoms with Crippen molar-refractivity contribution in [3.05, 3.63) is 59.4 Å². The number of hydrogen-bond donors (Lipinski definition) is 0. The summed E-state index contributed by atoms with van der Waals surface area (Å²) >= 11 is 0. The van der Waals surface area contributed by atoms with Crippen LogP contribution in [-0.2, 0) is 16.6 Å². The van der Waals surface area contributed by atoms with Crippen molar-refractivity contribution in [2.45, 2.75) is 20.8 Å². The van der Waals surface area contributed by atoms with E-state index in [1.165, 1.54) is 6.92 Å². The number of carbonyl (C=O) groups excluding carboxylic acids is 2. The quantitative estimate of drug-likeness (QED) is 0.643. The molecule has 4 heteroatoms. The van der Waals surface area contributed by atoms with Crippen molar-refractivity contribution >= 4 is 11.8 Å². The van der Waals surface area contributed by atoms with E-state index in [0.29, 0.717) is 6.61 Å². The first-order chi connectivity index (χ1) is 9.97. The molecule has 0 radical (unpaired) electrons. The maximum absolute atomic E-state index is 12.1. The lowest BCUT2D eigenvalue weighted by atomic mass is 10.1. The molecule has 0 bridgehead atoms. The van der Waals surface area contributed by atoms with Crippen molar-refractivity contribution in [1.82, 2.24) is 4.57 Å². The Labute approximate surface area is 125 Å². The van der Waals surface area contributed by atoms with Gasteiger partial charge in [0.05, 0.1) is 12.3 Å². The summed E-state index contributed by atoms with van der Waals surface area (Å²) < 4.78 is 6.27. The number of hydrogen-bond acceptors (Lipinski definition) is 3. The topological polar surface area (TPSA) is 48.3 Å². The average Bonchev–Trinajstić information content (AvgIpc) is 2.79. The van der Waals surface area contributed by atoms with Gasteiger partial charge >= 0.3 is 5.97 Å². The van der Waals surface area contributed by atoms with E-state index in [2.05, 4.69) is 4.74 Å².